The number of alkyl halides is 3. The fraction of sp³-hybridized carbons (Fsp3) is 0.312. The third kappa shape index (κ3) is 3.82. The van der Waals surface area contributed by atoms with Gasteiger partial charge in [0.05, 0.1) is 15.5 Å². The van der Waals surface area contributed by atoms with E-state index in [9.17, 15) is 23.3 Å². The van der Waals surface area contributed by atoms with E-state index in [1.807, 2.05) is 4.90 Å². The minimum Gasteiger partial charge on any atom is -0.367 e. The van der Waals surface area contributed by atoms with Crippen LogP contribution in [0.2, 0.25) is 5.02 Å². The Kier molecular flexibility index (Phi) is 4.90. The van der Waals surface area contributed by atoms with Crippen molar-refractivity contribution in [3.05, 3.63) is 57.2 Å². The van der Waals surface area contributed by atoms with Crippen LogP contribution in [0.5, 0.6) is 0 Å². The molecule has 0 saturated carbocycles. The Labute approximate surface area is 151 Å². The van der Waals surface area contributed by atoms with Gasteiger partial charge in [0.2, 0.25) is 0 Å². The number of pyridine rings is 1. The summed E-state index contributed by atoms with van der Waals surface area (Å²) >= 11 is 5.81. The van der Waals surface area contributed by atoms with Crippen molar-refractivity contribution in [2.24, 2.45) is 0 Å². The molecule has 6 nitrogen and oxygen atoms in total. The van der Waals surface area contributed by atoms with Gasteiger partial charge < -0.3 is 9.80 Å². The summed E-state index contributed by atoms with van der Waals surface area (Å²) < 4.78 is 40.0. The maximum absolute atomic E-state index is 13.3. The van der Waals surface area contributed by atoms with E-state index in [4.69, 9.17) is 11.6 Å². The zero-order chi connectivity index (χ0) is 18.9. The molecule has 2 heterocycles. The van der Waals surface area contributed by atoms with Gasteiger partial charge >= 0.3 is 6.18 Å². The molecule has 0 N–H and O–H groups in total. The number of anilines is 2. The SMILES string of the molecule is O=[N+]([O-])c1ccc(N2CCN(c3ccc(Cl)cn3)CC2)c(C(F)(F)F)c1. The maximum Gasteiger partial charge on any atom is 0.418 e. The predicted molar refractivity (Wildman–Crippen MR) is 91.8 cm³/mol. The fourth-order valence-electron chi connectivity index (χ4n) is 2.87. The molecule has 10 heteroatoms. The molecule has 0 atom stereocenters. The lowest BCUT2D eigenvalue weighted by atomic mass is 10.1. The molecule has 0 unspecified atom stereocenters. The number of non-ortho nitro benzene ring substituents is 1. The van der Waals surface area contributed by atoms with Crippen LogP contribution in [0.1, 0.15) is 5.56 Å². The standard InChI is InChI=1S/C16H14ClF3N4O2/c17-11-1-4-15(21-10-11)23-7-5-22(6-8-23)14-3-2-12(24(25)26)9-13(14)16(18,19)20/h1-4,9-10H,5-8H2. The Bertz CT molecular complexity index is 806. The number of benzene rings is 1. The van der Waals surface area contributed by atoms with E-state index in [2.05, 4.69) is 4.98 Å². The van der Waals surface area contributed by atoms with Crippen molar-refractivity contribution in [3.8, 4) is 0 Å². The average molecular weight is 387 g/mol. The summed E-state index contributed by atoms with van der Waals surface area (Å²) in [6.45, 7) is 1.63. The summed E-state index contributed by atoms with van der Waals surface area (Å²) in [6.07, 6.45) is -3.16. The molecular weight excluding hydrogens is 373 g/mol. The number of hydrogen-bond donors (Lipinski definition) is 0. The zero-order valence-corrected chi connectivity index (χ0v) is 14.2. The van der Waals surface area contributed by atoms with Gasteiger partial charge in [-0.3, -0.25) is 10.1 Å². The number of nitro groups is 1. The van der Waals surface area contributed by atoms with Crippen LogP contribution in [-0.4, -0.2) is 36.1 Å². The molecule has 0 spiro atoms. The molecule has 0 radical (unpaired) electrons. The molecule has 2 aromatic rings. The van der Waals surface area contributed by atoms with Crippen molar-refractivity contribution < 1.29 is 18.1 Å². The van der Waals surface area contributed by atoms with Gasteiger partial charge in [-0.25, -0.2) is 4.98 Å². The van der Waals surface area contributed by atoms with Crippen LogP contribution in [0, 0.1) is 10.1 Å². The molecule has 1 fully saturated rings. The van der Waals surface area contributed by atoms with Gasteiger partial charge in [-0.1, -0.05) is 11.6 Å². The Morgan fingerprint density at radius 2 is 1.73 bits per heavy atom. The van der Waals surface area contributed by atoms with Gasteiger partial charge in [0.25, 0.3) is 5.69 Å². The van der Waals surface area contributed by atoms with Crippen LogP contribution in [0.25, 0.3) is 0 Å². The molecule has 1 saturated heterocycles. The summed E-state index contributed by atoms with van der Waals surface area (Å²) in [5, 5.41) is 11.3. The highest BCUT2D eigenvalue weighted by Crippen LogP contribution is 2.39. The minimum atomic E-state index is -4.67. The average Bonchev–Trinajstić information content (AvgIpc) is 2.61. The van der Waals surface area contributed by atoms with Crippen LogP contribution < -0.4 is 9.80 Å². The second kappa shape index (κ2) is 6.99. The first-order valence-corrected chi connectivity index (χ1v) is 8.10. The first-order chi connectivity index (χ1) is 12.3. The van der Waals surface area contributed by atoms with Gasteiger partial charge in [-0.15, -0.1) is 0 Å². The molecular formula is C16H14ClF3N4O2. The molecule has 0 aliphatic carbocycles. The zero-order valence-electron chi connectivity index (χ0n) is 13.4. The molecule has 0 bridgehead atoms. The van der Waals surface area contributed by atoms with Crippen molar-refractivity contribution in [1.29, 1.82) is 0 Å². The third-order valence-electron chi connectivity index (χ3n) is 4.15. The number of piperazine rings is 1. The smallest absolute Gasteiger partial charge is 0.367 e. The van der Waals surface area contributed by atoms with Gasteiger partial charge in [0.15, 0.2) is 0 Å². The van der Waals surface area contributed by atoms with E-state index < -0.39 is 22.4 Å². The van der Waals surface area contributed by atoms with Gasteiger partial charge in [-0.05, 0) is 18.2 Å². The van der Waals surface area contributed by atoms with E-state index in [1.165, 1.54) is 6.20 Å². The molecule has 1 aromatic carbocycles. The molecule has 26 heavy (non-hydrogen) atoms. The third-order valence-corrected chi connectivity index (χ3v) is 4.38. The van der Waals surface area contributed by atoms with E-state index in [0.29, 0.717) is 43.1 Å². The number of rotatable bonds is 3. The van der Waals surface area contributed by atoms with Crippen LogP contribution in [0.4, 0.5) is 30.4 Å². The summed E-state index contributed by atoms with van der Waals surface area (Å²) in [5.41, 5.74) is -1.62. The second-order valence-electron chi connectivity index (χ2n) is 5.77. The lowest BCUT2D eigenvalue weighted by Gasteiger charge is -2.37. The summed E-state index contributed by atoms with van der Waals surface area (Å²) in [7, 11) is 0. The quantitative estimate of drug-likeness (QED) is 0.589. The Morgan fingerprint density at radius 3 is 2.27 bits per heavy atom. The molecule has 1 aromatic heterocycles. The van der Waals surface area contributed by atoms with E-state index >= 15 is 0 Å². The normalized spacial score (nSPS) is 15.2. The topological polar surface area (TPSA) is 62.5 Å². The lowest BCUT2D eigenvalue weighted by Crippen LogP contribution is -2.47. The van der Waals surface area contributed by atoms with E-state index in [-0.39, 0.29) is 5.69 Å². The maximum atomic E-state index is 13.3. The molecule has 1 aliphatic heterocycles. The minimum absolute atomic E-state index is 0.0492. The number of aromatic nitrogens is 1. The molecule has 3 rings (SSSR count). The molecule has 1 aliphatic rings. The number of nitrogens with zero attached hydrogens (tertiary/aromatic N) is 4. The Hall–Kier alpha value is -2.55. The Balaban J connectivity index is 1.80. The molecule has 0 amide bonds. The first-order valence-electron chi connectivity index (χ1n) is 7.73. The van der Waals surface area contributed by atoms with Crippen molar-refractivity contribution in [2.75, 3.05) is 36.0 Å². The number of hydrogen-bond acceptors (Lipinski definition) is 5. The highest BCUT2D eigenvalue weighted by atomic mass is 35.5. The van der Waals surface area contributed by atoms with E-state index in [0.717, 1.165) is 12.1 Å². The monoisotopic (exact) mass is 386 g/mol. The van der Waals surface area contributed by atoms with Crippen molar-refractivity contribution >= 4 is 28.8 Å². The van der Waals surface area contributed by atoms with Crippen molar-refractivity contribution in [1.82, 2.24) is 4.98 Å². The van der Waals surface area contributed by atoms with Crippen molar-refractivity contribution in [3.63, 3.8) is 0 Å². The summed E-state index contributed by atoms with van der Waals surface area (Å²) in [4.78, 5) is 17.7. The van der Waals surface area contributed by atoms with Gasteiger partial charge in [0.1, 0.15) is 5.82 Å². The Morgan fingerprint density at radius 1 is 1.08 bits per heavy atom. The van der Waals surface area contributed by atoms with E-state index in [1.54, 1.807) is 17.0 Å². The lowest BCUT2D eigenvalue weighted by molar-refractivity contribution is -0.385. The van der Waals surface area contributed by atoms with Gasteiger partial charge in [0, 0.05) is 50.2 Å². The highest BCUT2D eigenvalue weighted by Gasteiger charge is 2.37. The van der Waals surface area contributed by atoms with Crippen molar-refractivity contribution in [2.45, 2.75) is 6.18 Å². The van der Waals surface area contributed by atoms with Crippen LogP contribution in [0.15, 0.2) is 36.5 Å². The van der Waals surface area contributed by atoms with Gasteiger partial charge in [-0.2, -0.15) is 13.2 Å². The summed E-state index contributed by atoms with van der Waals surface area (Å²) in [5.74, 6) is 0.703. The number of halogens is 4. The molecule has 138 valence electrons. The van der Waals surface area contributed by atoms with Crippen LogP contribution in [-0.2, 0) is 6.18 Å². The number of nitro benzene ring substituents is 1. The largest absolute Gasteiger partial charge is 0.418 e. The first kappa shape index (κ1) is 18.2. The van der Waals surface area contributed by atoms with Crippen LogP contribution in [0.3, 0.4) is 0 Å². The summed E-state index contributed by atoms with van der Waals surface area (Å²) in [6, 6.07) is 6.30. The predicted octanol–water partition coefficient (Wildman–Crippen LogP) is 3.99. The highest BCUT2D eigenvalue weighted by molar-refractivity contribution is 6.30. The fourth-order valence-corrected chi connectivity index (χ4v) is 2.98. The van der Waals surface area contributed by atoms with Crippen LogP contribution >= 0.6 is 11.6 Å². The second-order valence-corrected chi connectivity index (χ2v) is 6.20.